The molecule has 4 heteroatoms. The monoisotopic (exact) mass is 229 g/mol. The van der Waals surface area contributed by atoms with Gasteiger partial charge in [-0.25, -0.2) is 0 Å². The third kappa shape index (κ3) is 1.96. The summed E-state index contributed by atoms with van der Waals surface area (Å²) < 4.78 is 5.57. The lowest BCUT2D eigenvalue weighted by Gasteiger charge is -2.00. The van der Waals surface area contributed by atoms with E-state index >= 15 is 0 Å². The summed E-state index contributed by atoms with van der Waals surface area (Å²) in [6, 6.07) is 6.40. The molecule has 3 rings (SSSR count). The number of aromatic nitrogens is 2. The van der Waals surface area contributed by atoms with Crippen molar-refractivity contribution in [1.82, 2.24) is 10.2 Å². The van der Waals surface area contributed by atoms with Crippen molar-refractivity contribution in [1.29, 1.82) is 0 Å². The molecular weight excluding hydrogens is 214 g/mol. The van der Waals surface area contributed by atoms with Gasteiger partial charge in [-0.05, 0) is 42.5 Å². The van der Waals surface area contributed by atoms with Gasteiger partial charge in [0.1, 0.15) is 0 Å². The first-order chi connectivity index (χ1) is 8.36. The lowest BCUT2D eigenvalue weighted by atomic mass is 10.1. The predicted octanol–water partition coefficient (Wildman–Crippen LogP) is 1.73. The standard InChI is InChI=1S/C13H15N3O/c14-7-6-12-15-16-13(17-12)11-5-4-9-2-1-3-10(9)8-11/h4-5,8H,1-3,6-7,14H2. The highest BCUT2D eigenvalue weighted by atomic mass is 16.4. The van der Waals surface area contributed by atoms with E-state index in [1.165, 1.54) is 24.0 Å². The molecule has 1 aliphatic rings. The van der Waals surface area contributed by atoms with Crippen LogP contribution in [0, 0.1) is 0 Å². The molecule has 1 aromatic heterocycles. The van der Waals surface area contributed by atoms with Crippen molar-refractivity contribution in [2.24, 2.45) is 5.73 Å². The quantitative estimate of drug-likeness (QED) is 0.870. The van der Waals surface area contributed by atoms with Gasteiger partial charge in [-0.3, -0.25) is 0 Å². The Kier molecular flexibility index (Phi) is 2.65. The largest absolute Gasteiger partial charge is 0.421 e. The van der Waals surface area contributed by atoms with Crippen LogP contribution < -0.4 is 5.73 Å². The summed E-state index contributed by atoms with van der Waals surface area (Å²) in [6.07, 6.45) is 4.24. The molecule has 2 N–H and O–H groups in total. The fourth-order valence-electron chi connectivity index (χ4n) is 2.30. The average molecular weight is 229 g/mol. The number of rotatable bonds is 3. The van der Waals surface area contributed by atoms with Crippen molar-refractivity contribution in [2.75, 3.05) is 6.54 Å². The van der Waals surface area contributed by atoms with Gasteiger partial charge in [-0.2, -0.15) is 0 Å². The lowest BCUT2D eigenvalue weighted by Crippen LogP contribution is -2.02. The van der Waals surface area contributed by atoms with Crippen molar-refractivity contribution >= 4 is 0 Å². The Morgan fingerprint density at radius 1 is 1.18 bits per heavy atom. The Balaban J connectivity index is 1.92. The van der Waals surface area contributed by atoms with Crippen LogP contribution in [-0.2, 0) is 19.3 Å². The number of aryl methyl sites for hydroxylation is 2. The summed E-state index contributed by atoms with van der Waals surface area (Å²) in [4.78, 5) is 0. The number of nitrogens with zero attached hydrogens (tertiary/aromatic N) is 2. The second-order valence-corrected chi connectivity index (χ2v) is 4.38. The minimum absolute atomic E-state index is 0.534. The molecule has 1 aromatic carbocycles. The van der Waals surface area contributed by atoms with Crippen LogP contribution in [0.3, 0.4) is 0 Å². The van der Waals surface area contributed by atoms with Crippen LogP contribution in [0.4, 0.5) is 0 Å². The molecule has 4 nitrogen and oxygen atoms in total. The van der Waals surface area contributed by atoms with E-state index in [-0.39, 0.29) is 0 Å². The van der Waals surface area contributed by atoms with E-state index in [2.05, 4.69) is 28.4 Å². The highest BCUT2D eigenvalue weighted by molar-refractivity contribution is 5.56. The third-order valence-electron chi connectivity index (χ3n) is 3.17. The van der Waals surface area contributed by atoms with Crippen molar-refractivity contribution in [3.05, 3.63) is 35.2 Å². The van der Waals surface area contributed by atoms with E-state index in [0.29, 0.717) is 24.7 Å². The van der Waals surface area contributed by atoms with Crippen molar-refractivity contribution < 1.29 is 4.42 Å². The summed E-state index contributed by atoms with van der Waals surface area (Å²) in [6.45, 7) is 0.534. The van der Waals surface area contributed by atoms with Gasteiger partial charge < -0.3 is 10.2 Å². The van der Waals surface area contributed by atoms with Crippen molar-refractivity contribution in [3.63, 3.8) is 0 Å². The zero-order valence-electron chi connectivity index (χ0n) is 9.65. The van der Waals surface area contributed by atoms with E-state index in [9.17, 15) is 0 Å². The maximum absolute atomic E-state index is 5.57. The maximum atomic E-state index is 5.57. The van der Waals surface area contributed by atoms with Crippen LogP contribution >= 0.6 is 0 Å². The van der Waals surface area contributed by atoms with Crippen LogP contribution in [-0.4, -0.2) is 16.7 Å². The number of hydrogen-bond donors (Lipinski definition) is 1. The molecule has 1 heterocycles. The summed E-state index contributed by atoms with van der Waals surface area (Å²) in [5, 5.41) is 8.04. The highest BCUT2D eigenvalue weighted by Crippen LogP contribution is 2.27. The van der Waals surface area contributed by atoms with Crippen LogP contribution in [0.15, 0.2) is 22.6 Å². The van der Waals surface area contributed by atoms with Gasteiger partial charge >= 0.3 is 0 Å². The Labute approximate surface area is 99.8 Å². The fraction of sp³-hybridized carbons (Fsp3) is 0.385. The molecule has 1 aliphatic carbocycles. The summed E-state index contributed by atoms with van der Waals surface area (Å²) in [5.74, 6) is 1.21. The maximum Gasteiger partial charge on any atom is 0.247 e. The van der Waals surface area contributed by atoms with Gasteiger partial charge in [0.25, 0.3) is 0 Å². The van der Waals surface area contributed by atoms with E-state index in [1.807, 2.05) is 0 Å². The minimum atomic E-state index is 0.534. The van der Waals surface area contributed by atoms with Gasteiger partial charge in [-0.1, -0.05) is 6.07 Å². The van der Waals surface area contributed by atoms with Crippen molar-refractivity contribution in [2.45, 2.75) is 25.7 Å². The summed E-state index contributed by atoms with van der Waals surface area (Å²) >= 11 is 0. The van der Waals surface area contributed by atoms with Crippen LogP contribution in [0.1, 0.15) is 23.4 Å². The zero-order chi connectivity index (χ0) is 11.7. The highest BCUT2D eigenvalue weighted by Gasteiger charge is 2.14. The van der Waals surface area contributed by atoms with Crippen LogP contribution in [0.5, 0.6) is 0 Å². The lowest BCUT2D eigenvalue weighted by molar-refractivity contribution is 0.507. The third-order valence-corrected chi connectivity index (χ3v) is 3.17. The Bertz CT molecular complexity index is 533. The molecule has 88 valence electrons. The first kappa shape index (κ1) is 10.5. The van der Waals surface area contributed by atoms with E-state index in [0.717, 1.165) is 12.0 Å². The molecule has 0 saturated heterocycles. The van der Waals surface area contributed by atoms with E-state index in [1.54, 1.807) is 0 Å². The number of hydrogen-bond acceptors (Lipinski definition) is 4. The topological polar surface area (TPSA) is 64.9 Å². The van der Waals surface area contributed by atoms with Gasteiger partial charge in [0.2, 0.25) is 11.8 Å². The molecule has 2 aromatic rings. The van der Waals surface area contributed by atoms with Gasteiger partial charge in [0.05, 0.1) is 0 Å². The van der Waals surface area contributed by atoms with E-state index < -0.39 is 0 Å². The molecule has 0 bridgehead atoms. The van der Waals surface area contributed by atoms with Gasteiger partial charge in [0.15, 0.2) is 0 Å². The zero-order valence-corrected chi connectivity index (χ0v) is 9.65. The summed E-state index contributed by atoms with van der Waals surface area (Å²) in [5.41, 5.74) is 9.34. The Morgan fingerprint density at radius 3 is 2.94 bits per heavy atom. The summed E-state index contributed by atoms with van der Waals surface area (Å²) in [7, 11) is 0. The molecule has 0 unspecified atom stereocenters. The molecule has 0 fully saturated rings. The number of fused-ring (bicyclic) bond motifs is 1. The van der Waals surface area contributed by atoms with Crippen molar-refractivity contribution in [3.8, 4) is 11.5 Å². The van der Waals surface area contributed by atoms with Gasteiger partial charge in [0, 0.05) is 18.5 Å². The number of benzene rings is 1. The normalized spacial score (nSPS) is 13.9. The first-order valence-corrected chi connectivity index (χ1v) is 6.01. The minimum Gasteiger partial charge on any atom is -0.421 e. The Morgan fingerprint density at radius 2 is 2.06 bits per heavy atom. The van der Waals surface area contributed by atoms with Gasteiger partial charge in [-0.15, -0.1) is 10.2 Å². The van der Waals surface area contributed by atoms with Crippen LogP contribution in [0.2, 0.25) is 0 Å². The predicted molar refractivity (Wildman–Crippen MR) is 64.5 cm³/mol. The molecule has 0 radical (unpaired) electrons. The molecule has 17 heavy (non-hydrogen) atoms. The van der Waals surface area contributed by atoms with E-state index in [4.69, 9.17) is 10.2 Å². The molecule has 0 aliphatic heterocycles. The Hall–Kier alpha value is -1.68. The SMILES string of the molecule is NCCc1nnc(-c2ccc3c(c2)CCC3)o1. The fourth-order valence-corrected chi connectivity index (χ4v) is 2.30. The molecule has 0 amide bonds. The van der Waals surface area contributed by atoms with Crippen LogP contribution in [0.25, 0.3) is 11.5 Å². The second-order valence-electron chi connectivity index (χ2n) is 4.38. The molecular formula is C13H15N3O. The molecule has 0 atom stereocenters. The smallest absolute Gasteiger partial charge is 0.247 e. The average Bonchev–Trinajstić information content (AvgIpc) is 2.96. The second kappa shape index (κ2) is 4.30. The number of nitrogens with two attached hydrogens (primary N) is 1. The molecule has 0 spiro atoms. The first-order valence-electron chi connectivity index (χ1n) is 6.01. The molecule has 0 saturated carbocycles.